The molecule has 1 amide bonds. The van der Waals surface area contributed by atoms with Crippen molar-refractivity contribution in [3.05, 3.63) is 0 Å². The topological polar surface area (TPSA) is 58.4 Å². The van der Waals surface area contributed by atoms with Crippen molar-refractivity contribution in [2.75, 3.05) is 13.1 Å². The number of carbonyl (C=O) groups is 1. The van der Waals surface area contributed by atoms with Gasteiger partial charge in [-0.25, -0.2) is 5.84 Å². The first-order chi connectivity index (χ1) is 8.10. The van der Waals surface area contributed by atoms with E-state index in [1.165, 1.54) is 12.8 Å². The summed E-state index contributed by atoms with van der Waals surface area (Å²) in [6, 6.07) is -0.0295. The highest BCUT2D eigenvalue weighted by Gasteiger charge is 2.29. The van der Waals surface area contributed by atoms with E-state index in [9.17, 15) is 4.79 Å². The van der Waals surface area contributed by atoms with Crippen LogP contribution in [0.4, 0.5) is 0 Å². The van der Waals surface area contributed by atoms with Crippen LogP contribution in [0.2, 0.25) is 0 Å². The number of hydrogen-bond donors (Lipinski definition) is 2. The zero-order valence-electron chi connectivity index (χ0n) is 11.4. The van der Waals surface area contributed by atoms with Crippen molar-refractivity contribution in [2.45, 2.75) is 52.5 Å². The fraction of sp³-hybridized carbons (Fsp3) is 0.923. The molecule has 1 saturated heterocycles. The molecule has 0 aliphatic carbocycles. The monoisotopic (exact) mass is 241 g/mol. The van der Waals surface area contributed by atoms with Gasteiger partial charge in [-0.1, -0.05) is 27.2 Å². The molecule has 17 heavy (non-hydrogen) atoms. The van der Waals surface area contributed by atoms with E-state index in [1.54, 1.807) is 0 Å². The molecule has 0 radical (unpaired) electrons. The number of nitrogens with two attached hydrogens (primary N) is 1. The van der Waals surface area contributed by atoms with Crippen molar-refractivity contribution in [1.29, 1.82) is 0 Å². The maximum absolute atomic E-state index is 11.7. The van der Waals surface area contributed by atoms with Crippen LogP contribution in [0.15, 0.2) is 0 Å². The second-order valence-electron chi connectivity index (χ2n) is 5.43. The van der Waals surface area contributed by atoms with E-state index >= 15 is 0 Å². The number of nitrogens with one attached hydrogen (secondary N) is 1. The van der Waals surface area contributed by atoms with Crippen LogP contribution in [0.25, 0.3) is 0 Å². The van der Waals surface area contributed by atoms with Crippen LogP contribution in [0.3, 0.4) is 0 Å². The molecule has 4 heteroatoms. The largest absolute Gasteiger partial charge is 0.293 e. The van der Waals surface area contributed by atoms with Gasteiger partial charge in [0.1, 0.15) is 0 Å². The average molecular weight is 241 g/mol. The Labute approximate surface area is 105 Å². The highest BCUT2D eigenvalue weighted by molar-refractivity contribution is 5.81. The van der Waals surface area contributed by atoms with Gasteiger partial charge in [-0.3, -0.25) is 15.1 Å². The molecule has 0 spiro atoms. The zero-order valence-corrected chi connectivity index (χ0v) is 11.4. The summed E-state index contributed by atoms with van der Waals surface area (Å²) in [7, 11) is 0. The van der Waals surface area contributed by atoms with E-state index in [-0.39, 0.29) is 11.9 Å². The Morgan fingerprint density at radius 2 is 2.00 bits per heavy atom. The summed E-state index contributed by atoms with van der Waals surface area (Å²) < 4.78 is 0. The Morgan fingerprint density at radius 1 is 1.41 bits per heavy atom. The van der Waals surface area contributed by atoms with Crippen molar-refractivity contribution in [3.8, 4) is 0 Å². The molecule has 1 atom stereocenters. The quantitative estimate of drug-likeness (QED) is 0.436. The zero-order chi connectivity index (χ0) is 12.8. The molecule has 100 valence electrons. The lowest BCUT2D eigenvalue weighted by Crippen LogP contribution is -2.51. The Balaban J connectivity index is 2.51. The third-order valence-electron chi connectivity index (χ3n) is 3.96. The minimum Gasteiger partial charge on any atom is -0.293 e. The second-order valence-corrected chi connectivity index (χ2v) is 5.43. The summed E-state index contributed by atoms with van der Waals surface area (Å²) in [4.78, 5) is 14.0. The van der Waals surface area contributed by atoms with Crippen LogP contribution in [-0.2, 0) is 4.79 Å². The van der Waals surface area contributed by atoms with E-state index < -0.39 is 0 Å². The fourth-order valence-corrected chi connectivity index (χ4v) is 2.75. The van der Waals surface area contributed by atoms with Gasteiger partial charge in [0.15, 0.2) is 0 Å². The highest BCUT2D eigenvalue weighted by atomic mass is 16.2. The maximum Gasteiger partial charge on any atom is 0.251 e. The van der Waals surface area contributed by atoms with E-state index in [1.807, 2.05) is 0 Å². The number of hydrogen-bond acceptors (Lipinski definition) is 3. The van der Waals surface area contributed by atoms with Gasteiger partial charge in [-0.15, -0.1) is 0 Å². The van der Waals surface area contributed by atoms with Gasteiger partial charge in [-0.05, 0) is 44.2 Å². The minimum atomic E-state index is -0.0325. The van der Waals surface area contributed by atoms with Gasteiger partial charge in [0.05, 0.1) is 6.04 Å². The summed E-state index contributed by atoms with van der Waals surface area (Å²) in [6.45, 7) is 8.74. The van der Waals surface area contributed by atoms with Crippen molar-refractivity contribution in [1.82, 2.24) is 10.3 Å². The predicted molar refractivity (Wildman–Crippen MR) is 70.2 cm³/mol. The Hall–Kier alpha value is -0.610. The second kappa shape index (κ2) is 6.97. The van der Waals surface area contributed by atoms with Crippen LogP contribution in [-0.4, -0.2) is 29.9 Å². The third-order valence-corrected chi connectivity index (χ3v) is 3.96. The van der Waals surface area contributed by atoms with Crippen LogP contribution in [0.5, 0.6) is 0 Å². The molecule has 1 heterocycles. The molecule has 4 nitrogen and oxygen atoms in total. The smallest absolute Gasteiger partial charge is 0.251 e. The van der Waals surface area contributed by atoms with E-state index in [2.05, 4.69) is 31.1 Å². The standard InChI is InChI=1S/C13H27N3O/c1-4-5-12(13(17)15-14)16-8-6-11(7-9-16)10(2)3/h10-12H,4-9,14H2,1-3H3,(H,15,17). The molecule has 0 saturated carbocycles. The van der Waals surface area contributed by atoms with Crippen molar-refractivity contribution in [2.24, 2.45) is 17.7 Å². The van der Waals surface area contributed by atoms with Crippen LogP contribution in [0.1, 0.15) is 46.5 Å². The summed E-state index contributed by atoms with van der Waals surface area (Å²) >= 11 is 0. The van der Waals surface area contributed by atoms with Crippen LogP contribution in [0, 0.1) is 11.8 Å². The Morgan fingerprint density at radius 3 is 2.41 bits per heavy atom. The van der Waals surface area contributed by atoms with Gasteiger partial charge < -0.3 is 0 Å². The SMILES string of the molecule is CCCC(C(=O)NN)N1CCC(C(C)C)CC1. The number of rotatable bonds is 5. The lowest BCUT2D eigenvalue weighted by atomic mass is 9.86. The first kappa shape index (κ1) is 14.5. The van der Waals surface area contributed by atoms with E-state index in [0.29, 0.717) is 0 Å². The van der Waals surface area contributed by atoms with Crippen molar-refractivity contribution < 1.29 is 4.79 Å². The Bertz CT molecular complexity index is 235. The third kappa shape index (κ3) is 3.96. The van der Waals surface area contributed by atoms with E-state index in [4.69, 9.17) is 5.84 Å². The number of amides is 1. The van der Waals surface area contributed by atoms with Gasteiger partial charge >= 0.3 is 0 Å². The molecule has 1 aliphatic heterocycles. The molecule has 3 N–H and O–H groups in total. The normalized spacial score (nSPS) is 20.5. The van der Waals surface area contributed by atoms with Gasteiger partial charge in [0.2, 0.25) is 0 Å². The van der Waals surface area contributed by atoms with Gasteiger partial charge in [0.25, 0.3) is 5.91 Å². The molecule has 1 fully saturated rings. The van der Waals surface area contributed by atoms with Crippen molar-refractivity contribution >= 4 is 5.91 Å². The summed E-state index contributed by atoms with van der Waals surface area (Å²) in [5.41, 5.74) is 2.30. The lowest BCUT2D eigenvalue weighted by Gasteiger charge is -2.37. The first-order valence-corrected chi connectivity index (χ1v) is 6.84. The molecule has 1 aliphatic rings. The number of nitrogens with zero attached hydrogens (tertiary/aromatic N) is 1. The molecule has 0 aromatic carbocycles. The number of likely N-dealkylation sites (tertiary alicyclic amines) is 1. The molecule has 0 aromatic heterocycles. The molecule has 0 aromatic rings. The molecule has 1 rings (SSSR count). The Kier molecular flexibility index (Phi) is 5.92. The van der Waals surface area contributed by atoms with Gasteiger partial charge in [0, 0.05) is 0 Å². The summed E-state index contributed by atoms with van der Waals surface area (Å²) in [6.07, 6.45) is 4.32. The fourth-order valence-electron chi connectivity index (χ4n) is 2.75. The van der Waals surface area contributed by atoms with Crippen LogP contribution < -0.4 is 11.3 Å². The molecule has 1 unspecified atom stereocenters. The highest BCUT2D eigenvalue weighted by Crippen LogP contribution is 2.26. The maximum atomic E-state index is 11.7. The molecule has 0 bridgehead atoms. The summed E-state index contributed by atoms with van der Waals surface area (Å²) in [5, 5.41) is 0. The lowest BCUT2D eigenvalue weighted by molar-refractivity contribution is -0.127. The number of hydrazine groups is 1. The molecular weight excluding hydrogens is 214 g/mol. The van der Waals surface area contributed by atoms with Crippen molar-refractivity contribution in [3.63, 3.8) is 0 Å². The molecular formula is C13H27N3O. The minimum absolute atomic E-state index is 0.0295. The van der Waals surface area contributed by atoms with Gasteiger partial charge in [-0.2, -0.15) is 0 Å². The average Bonchev–Trinajstić information content (AvgIpc) is 2.35. The number of piperidine rings is 1. The predicted octanol–water partition coefficient (Wildman–Crippen LogP) is 1.51. The van der Waals surface area contributed by atoms with Crippen LogP contribution >= 0.6 is 0 Å². The summed E-state index contributed by atoms with van der Waals surface area (Å²) in [5.74, 6) is 6.80. The number of carbonyl (C=O) groups excluding carboxylic acids is 1. The first-order valence-electron chi connectivity index (χ1n) is 6.84. The van der Waals surface area contributed by atoms with E-state index in [0.717, 1.165) is 37.8 Å².